The molecule has 0 bridgehead atoms. The molecule has 0 fully saturated rings. The summed E-state index contributed by atoms with van der Waals surface area (Å²) < 4.78 is 0. The van der Waals surface area contributed by atoms with Gasteiger partial charge in [0.2, 0.25) is 0 Å². The van der Waals surface area contributed by atoms with Crippen molar-refractivity contribution in [1.29, 1.82) is 0 Å². The lowest BCUT2D eigenvalue weighted by atomic mass is 10.0. The van der Waals surface area contributed by atoms with Crippen LogP contribution in [0.15, 0.2) is 34.5 Å². The summed E-state index contributed by atoms with van der Waals surface area (Å²) in [5.74, 6) is -0.701. The molecule has 1 aromatic carbocycles. The SMILES string of the molecule is CC(C)=N/N=C(\N)c1ccc(CC(N)C(=O)O)cc1. The molecule has 1 unspecified atom stereocenters. The third-order valence-electron chi connectivity index (χ3n) is 2.38. The number of carboxylic acid groups (broad SMARTS) is 1. The van der Waals surface area contributed by atoms with Crippen LogP contribution in [-0.4, -0.2) is 28.7 Å². The van der Waals surface area contributed by atoms with Gasteiger partial charge in [-0.2, -0.15) is 5.10 Å². The zero-order valence-corrected chi connectivity index (χ0v) is 11.0. The summed E-state index contributed by atoms with van der Waals surface area (Å²) in [4.78, 5) is 10.6. The van der Waals surface area contributed by atoms with Crippen molar-refractivity contribution >= 4 is 17.5 Å². The second-order valence-corrected chi connectivity index (χ2v) is 4.38. The molecule has 0 aliphatic rings. The summed E-state index contributed by atoms with van der Waals surface area (Å²) in [5, 5.41) is 16.5. The third-order valence-corrected chi connectivity index (χ3v) is 2.38. The molecule has 102 valence electrons. The van der Waals surface area contributed by atoms with Crippen LogP contribution >= 0.6 is 0 Å². The van der Waals surface area contributed by atoms with Gasteiger partial charge in [-0.15, -0.1) is 5.10 Å². The molecule has 0 saturated heterocycles. The third kappa shape index (κ3) is 4.89. The van der Waals surface area contributed by atoms with Gasteiger partial charge in [0.1, 0.15) is 6.04 Å². The summed E-state index contributed by atoms with van der Waals surface area (Å²) in [7, 11) is 0. The van der Waals surface area contributed by atoms with E-state index in [2.05, 4.69) is 10.2 Å². The number of nitrogens with two attached hydrogens (primary N) is 2. The molecule has 0 amide bonds. The lowest BCUT2D eigenvalue weighted by molar-refractivity contribution is -0.138. The highest BCUT2D eigenvalue weighted by Gasteiger charge is 2.11. The number of nitrogens with zero attached hydrogens (tertiary/aromatic N) is 2. The minimum absolute atomic E-state index is 0.277. The number of amidine groups is 1. The van der Waals surface area contributed by atoms with Gasteiger partial charge in [0.15, 0.2) is 5.84 Å². The molecule has 1 rings (SSSR count). The molecule has 0 aliphatic carbocycles. The zero-order chi connectivity index (χ0) is 14.4. The Balaban J connectivity index is 2.79. The summed E-state index contributed by atoms with van der Waals surface area (Å²) >= 11 is 0. The first-order valence-electron chi connectivity index (χ1n) is 5.82. The van der Waals surface area contributed by atoms with Crippen molar-refractivity contribution in [3.8, 4) is 0 Å². The average Bonchev–Trinajstić information content (AvgIpc) is 2.36. The Morgan fingerprint density at radius 2 is 1.84 bits per heavy atom. The standard InChI is InChI=1S/C13H18N4O2/c1-8(2)16-17-12(15)10-5-3-9(4-6-10)7-11(14)13(18)19/h3-6,11H,7,14H2,1-2H3,(H2,15,17)(H,18,19). The quantitative estimate of drug-likeness (QED) is 0.412. The van der Waals surface area contributed by atoms with Gasteiger partial charge < -0.3 is 16.6 Å². The van der Waals surface area contributed by atoms with Gasteiger partial charge >= 0.3 is 5.97 Å². The predicted molar refractivity (Wildman–Crippen MR) is 75.3 cm³/mol. The first kappa shape index (κ1) is 14.8. The van der Waals surface area contributed by atoms with E-state index >= 15 is 0 Å². The number of hydrogen-bond acceptors (Lipinski definition) is 4. The monoisotopic (exact) mass is 262 g/mol. The van der Waals surface area contributed by atoms with E-state index in [1.54, 1.807) is 24.3 Å². The van der Waals surface area contributed by atoms with Crippen molar-refractivity contribution in [2.45, 2.75) is 26.3 Å². The second-order valence-electron chi connectivity index (χ2n) is 4.38. The summed E-state index contributed by atoms with van der Waals surface area (Å²) in [6.07, 6.45) is 0.277. The average molecular weight is 262 g/mol. The van der Waals surface area contributed by atoms with Crippen LogP contribution in [-0.2, 0) is 11.2 Å². The van der Waals surface area contributed by atoms with Crippen LogP contribution in [0.4, 0.5) is 0 Å². The Bertz CT molecular complexity index is 502. The number of benzene rings is 1. The van der Waals surface area contributed by atoms with Gasteiger partial charge in [0, 0.05) is 11.3 Å². The van der Waals surface area contributed by atoms with E-state index in [4.69, 9.17) is 16.6 Å². The van der Waals surface area contributed by atoms with Gasteiger partial charge in [0.25, 0.3) is 0 Å². The number of rotatable bonds is 5. The van der Waals surface area contributed by atoms with E-state index in [-0.39, 0.29) is 6.42 Å². The Hall–Kier alpha value is -2.21. The van der Waals surface area contributed by atoms with Crippen molar-refractivity contribution < 1.29 is 9.90 Å². The van der Waals surface area contributed by atoms with E-state index in [1.807, 2.05) is 13.8 Å². The number of carbonyl (C=O) groups is 1. The topological polar surface area (TPSA) is 114 Å². The first-order valence-corrected chi connectivity index (χ1v) is 5.82. The number of carboxylic acids is 1. The molecule has 0 saturated carbocycles. The Morgan fingerprint density at radius 3 is 2.32 bits per heavy atom. The molecule has 6 nitrogen and oxygen atoms in total. The van der Waals surface area contributed by atoms with E-state index in [9.17, 15) is 4.79 Å². The van der Waals surface area contributed by atoms with Crippen molar-refractivity contribution in [2.75, 3.05) is 0 Å². The summed E-state index contributed by atoms with van der Waals surface area (Å²) in [6, 6.07) is 6.20. The van der Waals surface area contributed by atoms with Gasteiger partial charge in [-0.3, -0.25) is 4.79 Å². The number of aliphatic carboxylic acids is 1. The minimum atomic E-state index is -1.02. The zero-order valence-electron chi connectivity index (χ0n) is 11.0. The van der Waals surface area contributed by atoms with Crippen molar-refractivity contribution in [2.24, 2.45) is 21.7 Å². The molecule has 6 heteroatoms. The second kappa shape index (κ2) is 6.65. The normalized spacial score (nSPS) is 12.9. The van der Waals surface area contributed by atoms with E-state index in [1.165, 1.54) is 0 Å². The summed E-state index contributed by atoms with van der Waals surface area (Å²) in [5.41, 5.74) is 13.6. The van der Waals surface area contributed by atoms with Gasteiger partial charge in [-0.25, -0.2) is 0 Å². The van der Waals surface area contributed by atoms with Crippen LogP contribution < -0.4 is 11.5 Å². The molecule has 0 heterocycles. The summed E-state index contributed by atoms with van der Waals surface area (Å²) in [6.45, 7) is 3.65. The van der Waals surface area contributed by atoms with Crippen LogP contribution in [0.5, 0.6) is 0 Å². The molecule has 0 aliphatic heterocycles. The van der Waals surface area contributed by atoms with Crippen LogP contribution in [0.2, 0.25) is 0 Å². The van der Waals surface area contributed by atoms with Gasteiger partial charge in [-0.05, 0) is 25.8 Å². The largest absolute Gasteiger partial charge is 0.480 e. The fraction of sp³-hybridized carbons (Fsp3) is 0.308. The maximum atomic E-state index is 10.6. The van der Waals surface area contributed by atoms with Crippen LogP contribution in [0.3, 0.4) is 0 Å². The molecule has 19 heavy (non-hydrogen) atoms. The van der Waals surface area contributed by atoms with Crippen molar-refractivity contribution in [3.05, 3.63) is 35.4 Å². The Kier molecular flexibility index (Phi) is 5.20. The van der Waals surface area contributed by atoms with Gasteiger partial charge in [0.05, 0.1) is 0 Å². The highest BCUT2D eigenvalue weighted by molar-refractivity contribution is 5.97. The fourth-order valence-electron chi connectivity index (χ4n) is 1.36. The molecule has 1 aromatic rings. The van der Waals surface area contributed by atoms with Crippen LogP contribution in [0.25, 0.3) is 0 Å². The lowest BCUT2D eigenvalue weighted by Crippen LogP contribution is -2.32. The van der Waals surface area contributed by atoms with E-state index < -0.39 is 12.0 Å². The fourth-order valence-corrected chi connectivity index (χ4v) is 1.36. The molecule has 0 aromatic heterocycles. The van der Waals surface area contributed by atoms with E-state index in [0.717, 1.165) is 16.8 Å². The Morgan fingerprint density at radius 1 is 1.26 bits per heavy atom. The smallest absolute Gasteiger partial charge is 0.320 e. The molecule has 1 atom stereocenters. The molecule has 0 radical (unpaired) electrons. The maximum absolute atomic E-state index is 10.6. The minimum Gasteiger partial charge on any atom is -0.480 e. The highest BCUT2D eigenvalue weighted by Crippen LogP contribution is 2.07. The van der Waals surface area contributed by atoms with Crippen LogP contribution in [0, 0.1) is 0 Å². The predicted octanol–water partition coefficient (Wildman–Crippen LogP) is 0.742. The number of hydrogen-bond donors (Lipinski definition) is 3. The Labute approximate surface area is 111 Å². The molecular formula is C13H18N4O2. The van der Waals surface area contributed by atoms with E-state index in [0.29, 0.717) is 5.84 Å². The van der Waals surface area contributed by atoms with Gasteiger partial charge in [-0.1, -0.05) is 24.3 Å². The molecule has 5 N–H and O–H groups in total. The van der Waals surface area contributed by atoms with Crippen LogP contribution in [0.1, 0.15) is 25.0 Å². The molecule has 0 spiro atoms. The molecular weight excluding hydrogens is 244 g/mol. The lowest BCUT2D eigenvalue weighted by Gasteiger charge is -2.07. The van der Waals surface area contributed by atoms with Crippen molar-refractivity contribution in [3.63, 3.8) is 0 Å². The highest BCUT2D eigenvalue weighted by atomic mass is 16.4. The van der Waals surface area contributed by atoms with Crippen molar-refractivity contribution in [1.82, 2.24) is 0 Å². The first-order chi connectivity index (χ1) is 8.90. The maximum Gasteiger partial charge on any atom is 0.320 e.